The first-order chi connectivity index (χ1) is 7.41. The second-order valence-corrected chi connectivity index (χ2v) is 3.98. The van der Waals surface area contributed by atoms with E-state index in [1.807, 2.05) is 6.92 Å². The number of hydrogen-bond donors (Lipinski definition) is 0. The van der Waals surface area contributed by atoms with Gasteiger partial charge in [-0.1, -0.05) is 23.8 Å². The van der Waals surface area contributed by atoms with Crippen LogP contribution >= 0.6 is 11.6 Å². The van der Waals surface area contributed by atoms with Gasteiger partial charge in [-0.3, -0.25) is 10.1 Å². The lowest BCUT2D eigenvalue weighted by molar-refractivity contribution is -0.385. The zero-order valence-electron chi connectivity index (χ0n) is 9.11. The Bertz CT molecular complexity index is 434. The number of hydrogen-bond acceptors (Lipinski definition) is 4. The van der Waals surface area contributed by atoms with E-state index in [2.05, 4.69) is 11.6 Å². The molecule has 1 aromatic heterocycles. The molecule has 5 nitrogen and oxygen atoms in total. The van der Waals surface area contributed by atoms with Crippen molar-refractivity contribution >= 4 is 23.1 Å². The number of pyridine rings is 1. The number of aromatic nitrogens is 1. The summed E-state index contributed by atoms with van der Waals surface area (Å²) in [5.74, 6) is 0.510. The molecule has 86 valence electrons. The first-order valence-electron chi connectivity index (χ1n) is 4.57. The number of rotatable bonds is 4. The quantitative estimate of drug-likeness (QED) is 0.462. The molecular weight excluding hydrogens is 230 g/mol. The summed E-state index contributed by atoms with van der Waals surface area (Å²) in [6.07, 6.45) is 1.19. The van der Waals surface area contributed by atoms with Crippen molar-refractivity contribution in [2.75, 3.05) is 18.5 Å². The number of likely N-dealkylation sites (N-methyl/N-ethyl adjacent to an activating group) is 1. The van der Waals surface area contributed by atoms with E-state index in [0.29, 0.717) is 12.4 Å². The van der Waals surface area contributed by atoms with Crippen molar-refractivity contribution < 1.29 is 4.92 Å². The average Bonchev–Trinajstić information content (AvgIpc) is 2.15. The van der Waals surface area contributed by atoms with Crippen LogP contribution in [0.5, 0.6) is 0 Å². The Morgan fingerprint density at radius 1 is 1.75 bits per heavy atom. The van der Waals surface area contributed by atoms with Crippen LogP contribution < -0.4 is 4.90 Å². The van der Waals surface area contributed by atoms with Gasteiger partial charge in [-0.15, -0.1) is 0 Å². The Morgan fingerprint density at radius 2 is 2.38 bits per heavy atom. The van der Waals surface area contributed by atoms with E-state index in [4.69, 9.17) is 11.6 Å². The van der Waals surface area contributed by atoms with E-state index in [9.17, 15) is 10.1 Å². The second kappa shape index (κ2) is 4.94. The van der Waals surface area contributed by atoms with Crippen LogP contribution in [0.1, 0.15) is 6.92 Å². The lowest BCUT2D eigenvalue weighted by atomic mass is 10.3. The zero-order chi connectivity index (χ0) is 12.3. The predicted octanol–water partition coefficient (Wildman–Crippen LogP) is 2.66. The van der Waals surface area contributed by atoms with Crippen molar-refractivity contribution in [3.05, 3.63) is 39.6 Å². The normalized spacial score (nSPS) is 9.94. The molecule has 0 aliphatic rings. The molecule has 0 N–H and O–H groups in total. The Kier molecular flexibility index (Phi) is 3.84. The third kappa shape index (κ3) is 2.93. The summed E-state index contributed by atoms with van der Waals surface area (Å²) in [4.78, 5) is 15.7. The molecule has 0 spiro atoms. The van der Waals surface area contributed by atoms with Gasteiger partial charge in [0.2, 0.25) is 0 Å². The molecule has 1 aromatic rings. The summed E-state index contributed by atoms with van der Waals surface area (Å²) in [5.41, 5.74) is 0.844. The molecule has 0 aromatic carbocycles. The standard InChI is InChI=1S/C10H12ClN3O2/c1-7(2)6-13(3)10-9(11)4-8(5-12-10)14(15)16/h4-5H,1,6H2,2-3H3. The Hall–Kier alpha value is -1.62. The van der Waals surface area contributed by atoms with Gasteiger partial charge in [-0.25, -0.2) is 4.98 Å². The molecule has 1 rings (SSSR count). The molecular formula is C10H12ClN3O2. The molecule has 0 atom stereocenters. The molecule has 0 unspecified atom stereocenters. The van der Waals surface area contributed by atoms with Crippen molar-refractivity contribution in [3.63, 3.8) is 0 Å². The summed E-state index contributed by atoms with van der Waals surface area (Å²) < 4.78 is 0. The van der Waals surface area contributed by atoms with Crippen molar-refractivity contribution in [2.45, 2.75) is 6.92 Å². The third-order valence-electron chi connectivity index (χ3n) is 1.89. The van der Waals surface area contributed by atoms with Crippen molar-refractivity contribution in [1.82, 2.24) is 4.98 Å². The number of anilines is 1. The first-order valence-corrected chi connectivity index (χ1v) is 4.95. The molecule has 0 bridgehead atoms. The van der Waals surface area contributed by atoms with Gasteiger partial charge in [0, 0.05) is 19.7 Å². The van der Waals surface area contributed by atoms with Gasteiger partial charge >= 0.3 is 0 Å². The largest absolute Gasteiger partial charge is 0.354 e. The Labute approximate surface area is 98.5 Å². The van der Waals surface area contributed by atoms with Gasteiger partial charge < -0.3 is 4.90 Å². The van der Waals surface area contributed by atoms with Crippen LogP contribution in [0.3, 0.4) is 0 Å². The van der Waals surface area contributed by atoms with E-state index >= 15 is 0 Å². The molecule has 0 saturated heterocycles. The highest BCUT2D eigenvalue weighted by molar-refractivity contribution is 6.33. The number of nitro groups is 1. The molecule has 0 saturated carbocycles. The van der Waals surface area contributed by atoms with E-state index in [1.54, 1.807) is 11.9 Å². The lowest BCUT2D eigenvalue weighted by Gasteiger charge is -2.18. The fraction of sp³-hybridized carbons (Fsp3) is 0.300. The van der Waals surface area contributed by atoms with Gasteiger partial charge in [0.1, 0.15) is 12.0 Å². The summed E-state index contributed by atoms with van der Waals surface area (Å²) in [7, 11) is 1.80. The second-order valence-electron chi connectivity index (χ2n) is 3.57. The van der Waals surface area contributed by atoms with Crippen LogP contribution in [0, 0.1) is 10.1 Å². The van der Waals surface area contributed by atoms with Crippen LogP contribution in [0.15, 0.2) is 24.4 Å². The molecule has 0 radical (unpaired) electrons. The summed E-state index contributed by atoms with van der Waals surface area (Å²) in [5, 5.41) is 10.8. The predicted molar refractivity (Wildman–Crippen MR) is 64.0 cm³/mol. The fourth-order valence-electron chi connectivity index (χ4n) is 1.28. The summed E-state index contributed by atoms with van der Waals surface area (Å²) in [6.45, 7) is 6.26. The minimum absolute atomic E-state index is 0.113. The highest BCUT2D eigenvalue weighted by atomic mass is 35.5. The summed E-state index contributed by atoms with van der Waals surface area (Å²) >= 11 is 5.91. The monoisotopic (exact) mass is 241 g/mol. The van der Waals surface area contributed by atoms with Gasteiger partial charge in [-0.05, 0) is 6.92 Å². The van der Waals surface area contributed by atoms with Crippen LogP contribution in [0.25, 0.3) is 0 Å². The maximum absolute atomic E-state index is 10.5. The highest BCUT2D eigenvalue weighted by Gasteiger charge is 2.13. The number of halogens is 1. The molecule has 0 amide bonds. The zero-order valence-corrected chi connectivity index (χ0v) is 9.86. The van der Waals surface area contributed by atoms with Gasteiger partial charge in [0.15, 0.2) is 0 Å². The smallest absolute Gasteiger partial charge is 0.289 e. The number of nitrogens with zero attached hydrogens (tertiary/aromatic N) is 3. The molecule has 0 aliphatic heterocycles. The van der Waals surface area contributed by atoms with Crippen LogP contribution in [-0.2, 0) is 0 Å². The Balaban J connectivity index is 2.98. The van der Waals surface area contributed by atoms with Crippen LogP contribution in [0.4, 0.5) is 11.5 Å². The molecule has 0 fully saturated rings. The van der Waals surface area contributed by atoms with Gasteiger partial charge in [0.25, 0.3) is 5.69 Å². The van der Waals surface area contributed by atoms with Crippen molar-refractivity contribution in [2.24, 2.45) is 0 Å². The summed E-state index contributed by atoms with van der Waals surface area (Å²) in [6, 6.07) is 1.29. The maximum Gasteiger partial charge on any atom is 0.289 e. The molecule has 6 heteroatoms. The van der Waals surface area contributed by atoms with Gasteiger partial charge in [-0.2, -0.15) is 0 Å². The van der Waals surface area contributed by atoms with Crippen molar-refractivity contribution in [3.8, 4) is 0 Å². The lowest BCUT2D eigenvalue weighted by Crippen LogP contribution is -2.20. The first kappa shape index (κ1) is 12.4. The third-order valence-corrected chi connectivity index (χ3v) is 2.16. The van der Waals surface area contributed by atoms with E-state index in [0.717, 1.165) is 5.57 Å². The fourth-order valence-corrected chi connectivity index (χ4v) is 1.59. The van der Waals surface area contributed by atoms with Gasteiger partial charge in [0.05, 0.1) is 9.95 Å². The highest BCUT2D eigenvalue weighted by Crippen LogP contribution is 2.26. The van der Waals surface area contributed by atoms with Crippen LogP contribution in [-0.4, -0.2) is 23.5 Å². The Morgan fingerprint density at radius 3 is 2.81 bits per heavy atom. The van der Waals surface area contributed by atoms with E-state index in [-0.39, 0.29) is 10.7 Å². The van der Waals surface area contributed by atoms with Crippen LogP contribution in [0.2, 0.25) is 5.02 Å². The molecule has 0 aliphatic carbocycles. The average molecular weight is 242 g/mol. The van der Waals surface area contributed by atoms with Crippen molar-refractivity contribution in [1.29, 1.82) is 0 Å². The van der Waals surface area contributed by atoms with E-state index < -0.39 is 4.92 Å². The minimum Gasteiger partial charge on any atom is -0.354 e. The molecule has 16 heavy (non-hydrogen) atoms. The SMILES string of the molecule is C=C(C)CN(C)c1ncc([N+](=O)[O-])cc1Cl. The minimum atomic E-state index is -0.526. The molecule has 1 heterocycles. The van der Waals surface area contributed by atoms with E-state index in [1.165, 1.54) is 12.3 Å². The maximum atomic E-state index is 10.5. The topological polar surface area (TPSA) is 59.3 Å².